The molecule has 0 spiro atoms. The number of aryl methyl sites for hydroxylation is 1. The number of hydrogen-bond donors (Lipinski definition) is 4. The van der Waals surface area contributed by atoms with Crippen LogP contribution in [0.2, 0.25) is 0 Å². The Kier molecular flexibility index (Phi) is 6.89. The van der Waals surface area contributed by atoms with Crippen LogP contribution in [-0.4, -0.2) is 45.9 Å². The van der Waals surface area contributed by atoms with Gasteiger partial charge in [0.15, 0.2) is 0 Å². The highest BCUT2D eigenvalue weighted by atomic mass is 32.1. The first-order valence-electron chi connectivity index (χ1n) is 9.76. The molecule has 10 nitrogen and oxygen atoms in total. The number of carboxylic acid groups (broad SMARTS) is 1. The summed E-state index contributed by atoms with van der Waals surface area (Å²) in [5, 5.41) is 13.0. The number of nitrogens with two attached hydrogens (primary N) is 1. The van der Waals surface area contributed by atoms with Crippen molar-refractivity contribution < 1.29 is 19.5 Å². The fourth-order valence-electron chi connectivity index (χ4n) is 3.19. The van der Waals surface area contributed by atoms with Crippen molar-refractivity contribution in [2.24, 2.45) is 5.73 Å². The van der Waals surface area contributed by atoms with Crippen molar-refractivity contribution in [3.63, 3.8) is 0 Å². The minimum absolute atomic E-state index is 0.0793. The molecule has 0 aliphatic heterocycles. The third-order valence-corrected chi connectivity index (χ3v) is 5.99. The second-order valence-electron chi connectivity index (χ2n) is 7.37. The zero-order chi connectivity index (χ0) is 23.4. The van der Waals surface area contributed by atoms with Gasteiger partial charge in [0.1, 0.15) is 11.9 Å². The third-order valence-electron chi connectivity index (χ3n) is 4.79. The van der Waals surface area contributed by atoms with Crippen molar-refractivity contribution in [2.75, 3.05) is 11.9 Å². The maximum Gasteiger partial charge on any atom is 0.326 e. The highest BCUT2D eigenvalue weighted by molar-refractivity contribution is 7.17. The van der Waals surface area contributed by atoms with Gasteiger partial charge in [-0.3, -0.25) is 14.4 Å². The topological polar surface area (TPSA) is 158 Å². The summed E-state index contributed by atoms with van der Waals surface area (Å²) in [4.78, 5) is 56.1. The molecule has 11 heteroatoms. The molecule has 32 heavy (non-hydrogen) atoms. The van der Waals surface area contributed by atoms with E-state index in [0.29, 0.717) is 28.1 Å². The fourth-order valence-corrected chi connectivity index (χ4v) is 4.06. The van der Waals surface area contributed by atoms with E-state index in [1.54, 1.807) is 25.1 Å². The number of nitrogens with one attached hydrogen (secondary N) is 2. The molecule has 0 unspecified atom stereocenters. The monoisotopic (exact) mass is 457 g/mol. The van der Waals surface area contributed by atoms with Crippen molar-refractivity contribution in [1.82, 2.24) is 15.3 Å². The Labute approximate surface area is 187 Å². The predicted octanol–water partition coefficient (Wildman–Crippen LogP) is 1.38. The molecule has 3 rings (SSSR count). The number of carbonyl (C=O) groups is 3. The lowest BCUT2D eigenvalue weighted by Crippen LogP contribution is -2.41. The van der Waals surface area contributed by atoms with Gasteiger partial charge in [-0.15, -0.1) is 11.3 Å². The zero-order valence-electron chi connectivity index (χ0n) is 17.5. The first-order chi connectivity index (χ1) is 15.1. The number of carboxylic acids is 1. The van der Waals surface area contributed by atoms with Crippen LogP contribution in [0.1, 0.15) is 33.9 Å². The summed E-state index contributed by atoms with van der Waals surface area (Å²) in [5.41, 5.74) is 6.38. The molecule has 0 bridgehead atoms. The van der Waals surface area contributed by atoms with Gasteiger partial charge >= 0.3 is 5.97 Å². The Morgan fingerprint density at radius 3 is 2.72 bits per heavy atom. The molecule has 0 aliphatic carbocycles. The molecule has 0 radical (unpaired) electrons. The largest absolute Gasteiger partial charge is 0.480 e. The number of rotatable bonds is 9. The molecular formula is C21H23N5O5S. The lowest BCUT2D eigenvalue weighted by Gasteiger charge is -2.17. The Morgan fingerprint density at radius 1 is 1.28 bits per heavy atom. The van der Waals surface area contributed by atoms with Crippen LogP contribution in [0.15, 0.2) is 35.1 Å². The van der Waals surface area contributed by atoms with Gasteiger partial charge in [0.25, 0.3) is 11.5 Å². The van der Waals surface area contributed by atoms with Gasteiger partial charge in [0, 0.05) is 20.0 Å². The lowest BCUT2D eigenvalue weighted by molar-refractivity contribution is -0.139. The Morgan fingerprint density at radius 2 is 2.03 bits per heavy atom. The van der Waals surface area contributed by atoms with Crippen LogP contribution in [0.5, 0.6) is 0 Å². The minimum atomic E-state index is -1.23. The second-order valence-corrected chi connectivity index (χ2v) is 8.43. The van der Waals surface area contributed by atoms with Gasteiger partial charge in [0.05, 0.1) is 20.8 Å². The summed E-state index contributed by atoms with van der Waals surface area (Å²) in [5.74, 6) is -1.85. The first-order valence-corrected chi connectivity index (χ1v) is 10.6. The maximum absolute atomic E-state index is 12.5. The molecule has 0 saturated carbocycles. The minimum Gasteiger partial charge on any atom is -0.480 e. The normalized spacial score (nSPS) is 11.8. The smallest absolute Gasteiger partial charge is 0.326 e. The number of primary amides is 1. The van der Waals surface area contributed by atoms with Gasteiger partial charge < -0.3 is 26.0 Å². The van der Waals surface area contributed by atoms with Crippen LogP contribution in [0, 0.1) is 6.92 Å². The number of nitrogens with zero attached hydrogens (tertiary/aromatic N) is 2. The molecular weight excluding hydrogens is 434 g/mol. The van der Waals surface area contributed by atoms with Crippen LogP contribution in [0.4, 0.5) is 5.00 Å². The number of H-pyrrole nitrogens is 1. The molecule has 5 N–H and O–H groups in total. The van der Waals surface area contributed by atoms with E-state index in [4.69, 9.17) is 5.73 Å². The van der Waals surface area contributed by atoms with Crippen molar-refractivity contribution >= 4 is 45.0 Å². The zero-order valence-corrected chi connectivity index (χ0v) is 18.4. The Hall–Kier alpha value is -3.73. The van der Waals surface area contributed by atoms with E-state index in [-0.39, 0.29) is 18.4 Å². The van der Waals surface area contributed by atoms with E-state index in [0.717, 1.165) is 10.6 Å². The van der Waals surface area contributed by atoms with Gasteiger partial charge in [-0.2, -0.15) is 4.98 Å². The number of amides is 2. The highest BCUT2D eigenvalue weighted by Crippen LogP contribution is 2.27. The van der Waals surface area contributed by atoms with E-state index < -0.39 is 23.8 Å². The number of aromatic nitrogens is 2. The molecule has 0 saturated heterocycles. The Bertz CT molecular complexity index is 1230. The van der Waals surface area contributed by atoms with Crippen molar-refractivity contribution in [1.29, 1.82) is 0 Å². The van der Waals surface area contributed by atoms with Crippen molar-refractivity contribution in [2.45, 2.75) is 32.4 Å². The van der Waals surface area contributed by atoms with Crippen LogP contribution in [-0.2, 0) is 16.1 Å². The summed E-state index contributed by atoms with van der Waals surface area (Å²) >= 11 is 1.20. The average molecular weight is 458 g/mol. The van der Waals surface area contributed by atoms with E-state index >= 15 is 0 Å². The quantitative estimate of drug-likeness (QED) is 0.378. The van der Waals surface area contributed by atoms with E-state index in [1.807, 2.05) is 24.1 Å². The average Bonchev–Trinajstić information content (AvgIpc) is 3.21. The summed E-state index contributed by atoms with van der Waals surface area (Å²) < 4.78 is 0. The summed E-state index contributed by atoms with van der Waals surface area (Å²) in [6.45, 7) is 2.21. The van der Waals surface area contributed by atoms with E-state index in [9.17, 15) is 24.3 Å². The molecule has 168 valence electrons. The summed E-state index contributed by atoms with van der Waals surface area (Å²) in [6.07, 6.45) is -0.219. The van der Waals surface area contributed by atoms with Crippen molar-refractivity contribution in [3.8, 4) is 0 Å². The number of benzene rings is 1. The van der Waals surface area contributed by atoms with Gasteiger partial charge in [0.2, 0.25) is 5.91 Å². The molecule has 3 aromatic rings. The highest BCUT2D eigenvalue weighted by Gasteiger charge is 2.22. The Balaban J connectivity index is 1.70. The lowest BCUT2D eigenvalue weighted by atomic mass is 10.1. The number of aliphatic carboxylic acids is 1. The predicted molar refractivity (Wildman–Crippen MR) is 121 cm³/mol. The number of aromatic amines is 1. The molecule has 2 heterocycles. The molecule has 1 aromatic carbocycles. The van der Waals surface area contributed by atoms with Crippen LogP contribution in [0.3, 0.4) is 0 Å². The second kappa shape index (κ2) is 9.60. The maximum atomic E-state index is 12.5. The van der Waals surface area contributed by atoms with Crippen molar-refractivity contribution in [3.05, 3.63) is 57.0 Å². The SMILES string of the molecule is Cc1nc(=O)c2cc(CN(C)c3ccc(C(=O)N[C@@H](CCC(N)=O)C(=O)O)s3)ccc2[nH]1. The number of fused-ring (bicyclic) bond motifs is 1. The van der Waals surface area contributed by atoms with Gasteiger partial charge in [-0.05, 0) is 43.2 Å². The van der Waals surface area contributed by atoms with Crippen LogP contribution >= 0.6 is 11.3 Å². The van der Waals surface area contributed by atoms with Gasteiger partial charge in [-0.1, -0.05) is 6.07 Å². The molecule has 0 aliphatic rings. The molecule has 2 amide bonds. The van der Waals surface area contributed by atoms with E-state index in [1.165, 1.54) is 11.3 Å². The summed E-state index contributed by atoms with van der Waals surface area (Å²) in [7, 11) is 1.85. The molecule has 1 atom stereocenters. The fraction of sp³-hybridized carbons (Fsp3) is 0.286. The first kappa shape index (κ1) is 22.9. The molecule has 0 fully saturated rings. The number of carbonyl (C=O) groups excluding carboxylic acids is 2. The van der Waals surface area contributed by atoms with E-state index in [2.05, 4.69) is 15.3 Å². The summed E-state index contributed by atoms with van der Waals surface area (Å²) in [6, 6.07) is 7.69. The molecule has 2 aromatic heterocycles. The standard InChI is InChI=1S/C21H23N5O5S/c1-11-23-14-4-3-12(9-13(14)19(28)24-11)10-26(2)18-8-6-16(32-18)20(29)25-15(21(30)31)5-7-17(22)27/h3-4,6,8-9,15H,5,7,10H2,1-2H3,(H2,22,27)(H,25,29)(H,30,31)(H,23,24,28)/t15-/m0/s1. The number of hydrogen-bond acceptors (Lipinski definition) is 7. The van der Waals surface area contributed by atoms with Gasteiger partial charge in [-0.25, -0.2) is 4.79 Å². The third kappa shape index (κ3) is 5.49. The number of anilines is 1. The number of thiophene rings is 1. The van der Waals surface area contributed by atoms with Crippen LogP contribution < -0.4 is 21.5 Å². The van der Waals surface area contributed by atoms with Crippen LogP contribution in [0.25, 0.3) is 10.9 Å².